The van der Waals surface area contributed by atoms with Crippen LogP contribution in [0, 0.1) is 6.92 Å². The van der Waals surface area contributed by atoms with Crippen molar-refractivity contribution in [1.82, 2.24) is 14.7 Å². The molecule has 0 aliphatic carbocycles. The molecule has 0 saturated carbocycles. The number of rotatable bonds is 9. The van der Waals surface area contributed by atoms with Crippen molar-refractivity contribution in [1.29, 1.82) is 0 Å². The predicted molar refractivity (Wildman–Crippen MR) is 141 cm³/mol. The van der Waals surface area contributed by atoms with Crippen LogP contribution in [0.1, 0.15) is 54.3 Å². The van der Waals surface area contributed by atoms with E-state index in [9.17, 15) is 4.79 Å². The van der Waals surface area contributed by atoms with Gasteiger partial charge >= 0.3 is 0 Å². The van der Waals surface area contributed by atoms with E-state index in [0.29, 0.717) is 13.0 Å². The smallest absolute Gasteiger partial charge is 0.224 e. The first-order valence-electron chi connectivity index (χ1n) is 12.2. The highest BCUT2D eigenvalue weighted by Crippen LogP contribution is 2.25. The second-order valence-electron chi connectivity index (χ2n) is 8.99. The first-order valence-corrected chi connectivity index (χ1v) is 13.0. The van der Waals surface area contributed by atoms with Crippen molar-refractivity contribution in [2.24, 2.45) is 0 Å². The lowest BCUT2D eigenvalue weighted by molar-refractivity contribution is -0.120. The second-order valence-corrected chi connectivity index (χ2v) is 9.72. The molecule has 6 heteroatoms. The van der Waals surface area contributed by atoms with E-state index in [4.69, 9.17) is 4.98 Å². The average molecular weight is 475 g/mol. The molecule has 1 N–H and O–H groups in total. The maximum atomic E-state index is 12.1. The molecule has 0 radical (unpaired) electrons. The van der Waals surface area contributed by atoms with Crippen molar-refractivity contribution in [3.63, 3.8) is 0 Å². The van der Waals surface area contributed by atoms with E-state index in [1.807, 2.05) is 24.3 Å². The van der Waals surface area contributed by atoms with Gasteiger partial charge in [0.05, 0.1) is 6.42 Å². The van der Waals surface area contributed by atoms with E-state index in [2.05, 4.69) is 58.8 Å². The Morgan fingerprint density at radius 2 is 1.71 bits per heavy atom. The summed E-state index contributed by atoms with van der Waals surface area (Å²) >= 11 is 1.51. The summed E-state index contributed by atoms with van der Waals surface area (Å²) < 4.78 is 4.59. The van der Waals surface area contributed by atoms with Crippen LogP contribution in [0.5, 0.6) is 0 Å². The van der Waals surface area contributed by atoms with Crippen molar-refractivity contribution < 1.29 is 4.79 Å². The molecule has 1 fully saturated rings. The maximum Gasteiger partial charge on any atom is 0.224 e. The molecule has 1 aromatic heterocycles. The van der Waals surface area contributed by atoms with Gasteiger partial charge in [-0.2, -0.15) is 4.37 Å². The molecule has 1 saturated heterocycles. The molecule has 1 amide bonds. The average Bonchev–Trinajstić information content (AvgIpc) is 3.32. The van der Waals surface area contributed by atoms with Gasteiger partial charge in [-0.3, -0.25) is 4.79 Å². The molecule has 2 aromatic carbocycles. The largest absolute Gasteiger partial charge is 0.356 e. The van der Waals surface area contributed by atoms with Crippen LogP contribution in [-0.2, 0) is 24.1 Å². The fourth-order valence-electron chi connectivity index (χ4n) is 4.15. The summed E-state index contributed by atoms with van der Waals surface area (Å²) in [6.45, 7) is 6.88. The lowest BCUT2D eigenvalue weighted by Crippen LogP contribution is -2.30. The zero-order valence-corrected chi connectivity index (χ0v) is 21.0. The highest BCUT2D eigenvalue weighted by molar-refractivity contribution is 7.09. The molecule has 0 unspecified atom stereocenters. The predicted octanol–water partition coefficient (Wildman–Crippen LogP) is 5.28. The Morgan fingerprint density at radius 1 is 1.03 bits per heavy atom. The molecule has 0 spiro atoms. The number of aromatic nitrogens is 2. The molecule has 0 atom stereocenters. The zero-order valence-electron chi connectivity index (χ0n) is 20.2. The highest BCUT2D eigenvalue weighted by Gasteiger charge is 2.18. The van der Waals surface area contributed by atoms with Crippen LogP contribution in [0.3, 0.4) is 0 Å². The first-order chi connectivity index (χ1) is 16.6. The van der Waals surface area contributed by atoms with Gasteiger partial charge in [-0.1, -0.05) is 72.7 Å². The second kappa shape index (κ2) is 11.9. The summed E-state index contributed by atoms with van der Waals surface area (Å²) in [6, 6.07) is 16.9. The molecule has 4 rings (SSSR count). The van der Waals surface area contributed by atoms with Crippen LogP contribution >= 0.6 is 11.5 Å². The summed E-state index contributed by atoms with van der Waals surface area (Å²) in [6.07, 6.45) is 7.57. The quantitative estimate of drug-likeness (QED) is 0.339. The molecule has 0 bridgehead atoms. The molecule has 3 aromatic rings. The monoisotopic (exact) mass is 474 g/mol. The van der Waals surface area contributed by atoms with E-state index >= 15 is 0 Å². The van der Waals surface area contributed by atoms with E-state index in [1.54, 1.807) is 0 Å². The minimum atomic E-state index is 0.0884. The van der Waals surface area contributed by atoms with Crippen LogP contribution in [0.15, 0.2) is 60.2 Å². The number of carbonyl (C=O) groups excluding carboxylic acids is 1. The Balaban J connectivity index is 1.17. The Hall–Kier alpha value is -2.99. The number of nitrogens with one attached hydrogen (secondary N) is 1. The molecule has 1 aliphatic heterocycles. The number of benzene rings is 2. The summed E-state index contributed by atoms with van der Waals surface area (Å²) in [7, 11) is 0. The molecular weight excluding hydrogens is 440 g/mol. The number of hydrogen-bond acceptors (Lipinski definition) is 5. The first kappa shape index (κ1) is 24.1. The van der Waals surface area contributed by atoms with Crippen molar-refractivity contribution in [2.75, 3.05) is 24.5 Å². The van der Waals surface area contributed by atoms with Gasteiger partial charge < -0.3 is 10.2 Å². The van der Waals surface area contributed by atoms with E-state index in [-0.39, 0.29) is 5.91 Å². The van der Waals surface area contributed by atoms with Gasteiger partial charge in [0.2, 0.25) is 11.0 Å². The highest BCUT2D eigenvalue weighted by atomic mass is 32.1. The lowest BCUT2D eigenvalue weighted by atomic mass is 10.0. The van der Waals surface area contributed by atoms with Gasteiger partial charge in [0.25, 0.3) is 0 Å². The van der Waals surface area contributed by atoms with Gasteiger partial charge in [0.15, 0.2) is 0 Å². The number of carbonyl (C=O) groups is 1. The molecular formula is C28H34N4OS. The number of nitrogens with zero attached hydrogens (tertiary/aromatic N) is 3. The minimum absolute atomic E-state index is 0.0884. The number of amides is 1. The third-order valence-corrected chi connectivity index (χ3v) is 7.13. The van der Waals surface area contributed by atoms with Gasteiger partial charge in [-0.05, 0) is 49.3 Å². The van der Waals surface area contributed by atoms with Crippen molar-refractivity contribution in [2.45, 2.75) is 52.4 Å². The van der Waals surface area contributed by atoms with Crippen LogP contribution < -0.4 is 10.2 Å². The van der Waals surface area contributed by atoms with Gasteiger partial charge in [-0.25, -0.2) is 4.98 Å². The Kier molecular flexibility index (Phi) is 8.47. The maximum absolute atomic E-state index is 12.1. The molecule has 1 aliphatic rings. The number of aryl methyl sites for hydroxylation is 2. The molecule has 5 nitrogen and oxygen atoms in total. The van der Waals surface area contributed by atoms with Gasteiger partial charge in [-0.15, -0.1) is 0 Å². The third-order valence-electron chi connectivity index (χ3n) is 6.31. The van der Waals surface area contributed by atoms with E-state index < -0.39 is 0 Å². The summed E-state index contributed by atoms with van der Waals surface area (Å²) in [5.74, 6) is 0.998. The SMILES string of the molecule is CCc1ccc(Cc2nsc(N3CCC(=CCCNC(=O)Cc4ccc(C)cc4)CC3)n2)cc1. The van der Waals surface area contributed by atoms with Crippen LogP contribution in [0.4, 0.5) is 5.13 Å². The number of piperidine rings is 1. The van der Waals surface area contributed by atoms with Crippen LogP contribution in [0.2, 0.25) is 0 Å². The Labute approximate surface area is 207 Å². The summed E-state index contributed by atoms with van der Waals surface area (Å²) in [5.41, 5.74) is 6.37. The molecule has 2 heterocycles. The number of anilines is 1. The standard InChI is InChI=1S/C28H34N4OS/c1-3-22-10-12-24(13-11-22)19-26-30-28(34-31-26)32-17-14-23(15-18-32)5-4-16-29-27(33)20-25-8-6-21(2)7-9-25/h5-13H,3-4,14-20H2,1-2H3,(H,29,33). The fraction of sp³-hybridized carbons (Fsp3) is 0.393. The molecule has 34 heavy (non-hydrogen) atoms. The number of hydrogen-bond donors (Lipinski definition) is 1. The van der Waals surface area contributed by atoms with Crippen molar-refractivity contribution >= 4 is 22.6 Å². The van der Waals surface area contributed by atoms with E-state index in [1.165, 1.54) is 33.8 Å². The minimum Gasteiger partial charge on any atom is -0.356 e. The Morgan fingerprint density at radius 3 is 2.41 bits per heavy atom. The van der Waals surface area contributed by atoms with Crippen LogP contribution in [0.25, 0.3) is 0 Å². The summed E-state index contributed by atoms with van der Waals surface area (Å²) in [4.78, 5) is 19.3. The van der Waals surface area contributed by atoms with Crippen molar-refractivity contribution in [3.05, 3.63) is 88.3 Å². The summed E-state index contributed by atoms with van der Waals surface area (Å²) in [5, 5.41) is 4.07. The molecule has 178 valence electrons. The topological polar surface area (TPSA) is 58.1 Å². The Bertz CT molecular complexity index is 1090. The van der Waals surface area contributed by atoms with Crippen LogP contribution in [-0.4, -0.2) is 34.9 Å². The van der Waals surface area contributed by atoms with Gasteiger partial charge in [0, 0.05) is 37.6 Å². The van der Waals surface area contributed by atoms with Crippen molar-refractivity contribution in [3.8, 4) is 0 Å². The zero-order chi connectivity index (χ0) is 23.8. The normalized spacial score (nSPS) is 13.7. The third kappa shape index (κ3) is 7.00. The lowest BCUT2D eigenvalue weighted by Gasteiger charge is -2.27. The van der Waals surface area contributed by atoms with Gasteiger partial charge in [0.1, 0.15) is 5.82 Å². The fourth-order valence-corrected chi connectivity index (χ4v) is 4.89. The van der Waals surface area contributed by atoms with E-state index in [0.717, 1.165) is 61.7 Å².